The van der Waals surface area contributed by atoms with E-state index in [1.54, 1.807) is 4.90 Å². The van der Waals surface area contributed by atoms with E-state index >= 15 is 0 Å². The van der Waals surface area contributed by atoms with Crippen molar-refractivity contribution in [1.29, 1.82) is 0 Å². The predicted octanol–water partition coefficient (Wildman–Crippen LogP) is 1.18. The van der Waals surface area contributed by atoms with Crippen molar-refractivity contribution < 1.29 is 18.9 Å². The number of amides is 2. The van der Waals surface area contributed by atoms with Crippen LogP contribution in [0, 0.1) is 0 Å². The van der Waals surface area contributed by atoms with Crippen LogP contribution in [0.25, 0.3) is 0 Å². The molecule has 7 heteroatoms. The second-order valence-electron chi connectivity index (χ2n) is 6.04. The van der Waals surface area contributed by atoms with Crippen LogP contribution in [0.4, 0.5) is 4.79 Å². The van der Waals surface area contributed by atoms with E-state index < -0.39 is 22.3 Å². The highest BCUT2D eigenvalue weighted by Gasteiger charge is 2.29. The summed E-state index contributed by atoms with van der Waals surface area (Å²) in [6, 6.07) is -0.202. The average molecular weight is 304 g/mol. The Morgan fingerprint density at radius 3 is 2.30 bits per heavy atom. The molecule has 0 unspecified atom stereocenters. The molecule has 0 spiro atoms. The van der Waals surface area contributed by atoms with Gasteiger partial charge in [0.1, 0.15) is 0 Å². The molecule has 0 saturated carbocycles. The van der Waals surface area contributed by atoms with Gasteiger partial charge in [-0.25, -0.2) is 4.79 Å². The first-order valence-electron chi connectivity index (χ1n) is 6.85. The number of hydrogen-bond acceptors (Lipinski definition) is 3. The van der Waals surface area contributed by atoms with Gasteiger partial charge in [-0.05, 0) is 33.6 Å². The minimum atomic E-state index is -0.917. The van der Waals surface area contributed by atoms with Crippen LogP contribution in [0.1, 0.15) is 40.0 Å². The predicted molar refractivity (Wildman–Crippen MR) is 78.1 cm³/mol. The number of carboxylic acid groups (broad SMARTS) is 1. The quantitative estimate of drug-likeness (QED) is 0.816. The summed E-state index contributed by atoms with van der Waals surface area (Å²) in [4.78, 5) is 24.5. The Hall–Kier alpha value is -1.11. The molecule has 1 aliphatic heterocycles. The second kappa shape index (κ2) is 7.06. The van der Waals surface area contributed by atoms with E-state index in [2.05, 4.69) is 5.32 Å². The number of nitrogens with one attached hydrogen (secondary N) is 1. The number of hydrogen-bond donors (Lipinski definition) is 2. The number of nitrogens with zero attached hydrogens (tertiary/aromatic N) is 1. The molecule has 1 fully saturated rings. The van der Waals surface area contributed by atoms with Crippen molar-refractivity contribution in [3.8, 4) is 0 Å². The van der Waals surface area contributed by atoms with Gasteiger partial charge in [0.15, 0.2) is 0 Å². The lowest BCUT2D eigenvalue weighted by Crippen LogP contribution is -2.54. The molecule has 6 nitrogen and oxygen atoms in total. The Labute approximate surface area is 122 Å². The molecule has 0 aromatic carbocycles. The third-order valence-electron chi connectivity index (χ3n) is 3.32. The molecule has 20 heavy (non-hydrogen) atoms. The Morgan fingerprint density at radius 1 is 1.30 bits per heavy atom. The van der Waals surface area contributed by atoms with E-state index in [4.69, 9.17) is 5.11 Å². The fourth-order valence-corrected chi connectivity index (χ4v) is 3.44. The summed E-state index contributed by atoms with van der Waals surface area (Å²) in [6.07, 6.45) is 1.36. The molecule has 0 radical (unpaired) electrons. The zero-order chi connectivity index (χ0) is 15.3. The van der Waals surface area contributed by atoms with Crippen LogP contribution < -0.4 is 5.32 Å². The van der Waals surface area contributed by atoms with Gasteiger partial charge in [0.05, 0.1) is 6.42 Å². The first-order valence-corrected chi connectivity index (χ1v) is 8.34. The van der Waals surface area contributed by atoms with Crippen LogP contribution >= 0.6 is 0 Å². The van der Waals surface area contributed by atoms with Crippen molar-refractivity contribution in [1.82, 2.24) is 10.2 Å². The molecule has 1 heterocycles. The van der Waals surface area contributed by atoms with Crippen molar-refractivity contribution in [2.75, 3.05) is 18.1 Å². The molecule has 0 aromatic rings. The molecule has 2 amide bonds. The van der Waals surface area contributed by atoms with Crippen LogP contribution in [0.5, 0.6) is 0 Å². The molecular formula is C13H24N2O4S. The van der Waals surface area contributed by atoms with Crippen LogP contribution in [-0.4, -0.2) is 55.8 Å². The van der Waals surface area contributed by atoms with Gasteiger partial charge in [-0.2, -0.15) is 0 Å². The summed E-state index contributed by atoms with van der Waals surface area (Å²) in [5.74, 6) is 0.325. The SMILES string of the molecule is CC(C)(C)N(CCC(=O)O)C(=O)NC1CCS(=O)CC1. The fraction of sp³-hybridized carbons (Fsp3) is 0.846. The van der Waals surface area contributed by atoms with Crippen LogP contribution in [0.2, 0.25) is 0 Å². The zero-order valence-electron chi connectivity index (χ0n) is 12.3. The first kappa shape index (κ1) is 16.9. The van der Waals surface area contributed by atoms with E-state index in [-0.39, 0.29) is 25.0 Å². The Bertz CT molecular complexity index is 382. The van der Waals surface area contributed by atoms with Gasteiger partial charge < -0.3 is 15.3 Å². The van der Waals surface area contributed by atoms with Crippen LogP contribution in [0.15, 0.2) is 0 Å². The molecule has 2 N–H and O–H groups in total. The zero-order valence-corrected chi connectivity index (χ0v) is 13.2. The van der Waals surface area contributed by atoms with Gasteiger partial charge in [-0.3, -0.25) is 9.00 Å². The van der Waals surface area contributed by atoms with Crippen LogP contribution in [0.3, 0.4) is 0 Å². The summed E-state index contributed by atoms with van der Waals surface area (Å²) in [6.45, 7) is 5.82. The second-order valence-corrected chi connectivity index (χ2v) is 7.73. The highest BCUT2D eigenvalue weighted by Crippen LogP contribution is 2.16. The van der Waals surface area contributed by atoms with Crippen molar-refractivity contribution >= 4 is 22.8 Å². The normalized spacial score (nSPS) is 23.1. The average Bonchev–Trinajstić information content (AvgIpc) is 2.30. The van der Waals surface area contributed by atoms with Gasteiger partial charge in [0, 0.05) is 40.4 Å². The van der Waals surface area contributed by atoms with E-state index in [1.165, 1.54) is 0 Å². The lowest BCUT2D eigenvalue weighted by Gasteiger charge is -2.37. The molecule has 0 atom stereocenters. The maximum absolute atomic E-state index is 12.3. The van der Waals surface area contributed by atoms with Gasteiger partial charge in [0.2, 0.25) is 0 Å². The molecular weight excluding hydrogens is 280 g/mol. The Balaban J connectivity index is 2.59. The highest BCUT2D eigenvalue weighted by atomic mass is 32.2. The Morgan fingerprint density at radius 2 is 1.85 bits per heavy atom. The lowest BCUT2D eigenvalue weighted by atomic mass is 10.1. The highest BCUT2D eigenvalue weighted by molar-refractivity contribution is 7.85. The van der Waals surface area contributed by atoms with Crippen molar-refractivity contribution in [2.24, 2.45) is 0 Å². The lowest BCUT2D eigenvalue weighted by molar-refractivity contribution is -0.137. The number of rotatable bonds is 4. The summed E-state index contributed by atoms with van der Waals surface area (Å²) in [5.41, 5.74) is -0.434. The summed E-state index contributed by atoms with van der Waals surface area (Å²) < 4.78 is 11.3. The van der Waals surface area contributed by atoms with Gasteiger partial charge >= 0.3 is 12.0 Å². The van der Waals surface area contributed by atoms with Crippen molar-refractivity contribution in [3.63, 3.8) is 0 Å². The van der Waals surface area contributed by atoms with Crippen molar-refractivity contribution in [2.45, 2.75) is 51.6 Å². The molecule has 0 aliphatic carbocycles. The van der Waals surface area contributed by atoms with E-state index in [0.717, 1.165) is 12.8 Å². The molecule has 116 valence electrons. The molecule has 0 aromatic heterocycles. The fourth-order valence-electron chi connectivity index (χ4n) is 2.14. The number of urea groups is 1. The summed E-state index contributed by atoms with van der Waals surface area (Å²) in [5, 5.41) is 11.7. The van der Waals surface area contributed by atoms with Gasteiger partial charge in [-0.1, -0.05) is 0 Å². The first-order chi connectivity index (χ1) is 9.20. The minimum Gasteiger partial charge on any atom is -0.481 e. The molecule has 0 bridgehead atoms. The van der Waals surface area contributed by atoms with E-state index in [1.807, 2.05) is 20.8 Å². The van der Waals surface area contributed by atoms with Crippen molar-refractivity contribution in [3.05, 3.63) is 0 Å². The van der Waals surface area contributed by atoms with E-state index in [0.29, 0.717) is 11.5 Å². The Kier molecular flexibility index (Phi) is 5.98. The third-order valence-corrected chi connectivity index (χ3v) is 4.70. The molecule has 1 rings (SSSR count). The monoisotopic (exact) mass is 304 g/mol. The smallest absolute Gasteiger partial charge is 0.318 e. The van der Waals surface area contributed by atoms with Gasteiger partial charge in [-0.15, -0.1) is 0 Å². The number of aliphatic carboxylic acids is 1. The number of carbonyl (C=O) groups excluding carboxylic acids is 1. The number of carboxylic acids is 1. The minimum absolute atomic E-state index is 0.0369. The van der Waals surface area contributed by atoms with E-state index in [9.17, 15) is 13.8 Å². The standard InChI is InChI=1S/C13H24N2O4S/c1-13(2,3)15(7-4-11(16)17)12(18)14-10-5-8-20(19)9-6-10/h10H,4-9H2,1-3H3,(H,14,18)(H,16,17). The summed E-state index contributed by atoms with van der Waals surface area (Å²) in [7, 11) is -0.756. The topological polar surface area (TPSA) is 86.7 Å². The number of carbonyl (C=O) groups is 2. The van der Waals surface area contributed by atoms with Crippen LogP contribution in [-0.2, 0) is 15.6 Å². The van der Waals surface area contributed by atoms with Gasteiger partial charge in [0.25, 0.3) is 0 Å². The third kappa shape index (κ3) is 5.48. The maximum atomic E-state index is 12.3. The maximum Gasteiger partial charge on any atom is 0.318 e. The summed E-state index contributed by atoms with van der Waals surface area (Å²) >= 11 is 0. The largest absolute Gasteiger partial charge is 0.481 e. The molecule has 1 saturated heterocycles. The molecule has 1 aliphatic rings.